The van der Waals surface area contributed by atoms with Gasteiger partial charge in [-0.15, -0.1) is 0 Å². The van der Waals surface area contributed by atoms with E-state index in [2.05, 4.69) is 21.4 Å². The van der Waals surface area contributed by atoms with Gasteiger partial charge in [0.2, 0.25) is 0 Å². The summed E-state index contributed by atoms with van der Waals surface area (Å²) in [5.41, 5.74) is 3.71. The Morgan fingerprint density at radius 1 is 1.26 bits per heavy atom. The normalized spacial score (nSPS) is 10.1. The molecule has 0 saturated carbocycles. The van der Waals surface area contributed by atoms with E-state index in [-0.39, 0.29) is 0 Å². The zero-order valence-corrected chi connectivity index (χ0v) is 11.1. The highest BCUT2D eigenvalue weighted by Crippen LogP contribution is 2.18. The summed E-state index contributed by atoms with van der Waals surface area (Å²) in [6.45, 7) is 0.748. The van der Waals surface area contributed by atoms with Crippen LogP contribution in [0.3, 0.4) is 0 Å². The number of benzene rings is 1. The van der Waals surface area contributed by atoms with Gasteiger partial charge in [-0.2, -0.15) is 0 Å². The van der Waals surface area contributed by atoms with Crippen molar-refractivity contribution in [3.05, 3.63) is 48.0 Å². The lowest BCUT2D eigenvalue weighted by Gasteiger charge is -2.19. The van der Waals surface area contributed by atoms with E-state index in [9.17, 15) is 0 Å². The first kappa shape index (κ1) is 13.2. The molecule has 5 heteroatoms. The highest BCUT2D eigenvalue weighted by molar-refractivity contribution is 5.46. The van der Waals surface area contributed by atoms with E-state index >= 15 is 0 Å². The maximum absolute atomic E-state index is 5.36. The maximum Gasteiger partial charge on any atom is 0.142 e. The second-order valence-electron chi connectivity index (χ2n) is 4.23. The Hall–Kier alpha value is -2.27. The van der Waals surface area contributed by atoms with Crippen LogP contribution in [0.25, 0.3) is 0 Å². The SMILES string of the molecule is COc1cccc(CN(C)c2cccc(NN)n2)c1. The number of methoxy groups -OCH3 is 1. The lowest BCUT2D eigenvalue weighted by atomic mass is 10.2. The molecule has 2 aromatic rings. The summed E-state index contributed by atoms with van der Waals surface area (Å²) in [7, 11) is 3.66. The molecule has 0 aliphatic carbocycles. The lowest BCUT2D eigenvalue weighted by molar-refractivity contribution is 0.414. The van der Waals surface area contributed by atoms with Crippen molar-refractivity contribution in [2.45, 2.75) is 6.54 Å². The summed E-state index contributed by atoms with van der Waals surface area (Å²) in [4.78, 5) is 6.44. The third-order valence-electron chi connectivity index (χ3n) is 2.83. The molecule has 0 atom stereocenters. The molecular formula is C14H18N4O. The molecule has 1 aromatic heterocycles. The van der Waals surface area contributed by atoms with Crippen LogP contribution in [0.4, 0.5) is 11.6 Å². The number of pyridine rings is 1. The smallest absolute Gasteiger partial charge is 0.142 e. The molecule has 0 bridgehead atoms. The number of aromatic nitrogens is 1. The minimum atomic E-state index is 0.648. The number of hydrazine groups is 1. The predicted molar refractivity (Wildman–Crippen MR) is 77.1 cm³/mol. The summed E-state index contributed by atoms with van der Waals surface area (Å²) in [6, 6.07) is 13.7. The summed E-state index contributed by atoms with van der Waals surface area (Å²) in [5.74, 6) is 7.73. The highest BCUT2D eigenvalue weighted by atomic mass is 16.5. The van der Waals surface area contributed by atoms with E-state index in [4.69, 9.17) is 10.6 Å². The van der Waals surface area contributed by atoms with Gasteiger partial charge in [0, 0.05) is 13.6 Å². The van der Waals surface area contributed by atoms with Crippen LogP contribution >= 0.6 is 0 Å². The van der Waals surface area contributed by atoms with Crippen molar-refractivity contribution in [2.75, 3.05) is 24.5 Å². The first-order chi connectivity index (χ1) is 9.22. The van der Waals surface area contributed by atoms with Crippen molar-refractivity contribution >= 4 is 11.6 Å². The van der Waals surface area contributed by atoms with Gasteiger partial charge in [-0.3, -0.25) is 0 Å². The Labute approximate surface area is 113 Å². The molecule has 0 amide bonds. The van der Waals surface area contributed by atoms with Crippen LogP contribution in [0, 0.1) is 0 Å². The van der Waals surface area contributed by atoms with Gasteiger partial charge < -0.3 is 15.1 Å². The zero-order valence-electron chi connectivity index (χ0n) is 11.1. The van der Waals surface area contributed by atoms with Gasteiger partial charge in [0.25, 0.3) is 0 Å². The molecule has 0 radical (unpaired) electrons. The van der Waals surface area contributed by atoms with Crippen LogP contribution in [-0.4, -0.2) is 19.1 Å². The molecule has 3 N–H and O–H groups in total. The Balaban J connectivity index is 2.13. The van der Waals surface area contributed by atoms with Crippen LogP contribution in [-0.2, 0) is 6.54 Å². The van der Waals surface area contributed by atoms with Gasteiger partial charge >= 0.3 is 0 Å². The molecule has 0 saturated heterocycles. The topological polar surface area (TPSA) is 63.4 Å². The van der Waals surface area contributed by atoms with Crippen LogP contribution in [0.1, 0.15) is 5.56 Å². The van der Waals surface area contributed by atoms with E-state index in [1.165, 1.54) is 0 Å². The first-order valence-corrected chi connectivity index (χ1v) is 6.00. The number of anilines is 2. The minimum absolute atomic E-state index is 0.648. The van der Waals surface area contributed by atoms with E-state index in [0.29, 0.717) is 5.82 Å². The maximum atomic E-state index is 5.36. The molecule has 0 spiro atoms. The molecule has 0 unspecified atom stereocenters. The second-order valence-corrected chi connectivity index (χ2v) is 4.23. The number of nitrogens with one attached hydrogen (secondary N) is 1. The molecule has 1 aromatic carbocycles. The fourth-order valence-corrected chi connectivity index (χ4v) is 1.84. The average Bonchev–Trinajstić information content (AvgIpc) is 2.47. The van der Waals surface area contributed by atoms with Gasteiger partial charge in [-0.1, -0.05) is 18.2 Å². The van der Waals surface area contributed by atoms with Crippen molar-refractivity contribution in [1.82, 2.24) is 4.98 Å². The molecule has 0 fully saturated rings. The Morgan fingerprint density at radius 2 is 2.05 bits per heavy atom. The van der Waals surface area contributed by atoms with E-state index in [1.54, 1.807) is 7.11 Å². The van der Waals surface area contributed by atoms with Crippen LogP contribution < -0.4 is 20.9 Å². The van der Waals surface area contributed by atoms with E-state index in [1.807, 2.05) is 43.4 Å². The first-order valence-electron chi connectivity index (χ1n) is 6.00. The zero-order chi connectivity index (χ0) is 13.7. The molecule has 5 nitrogen and oxygen atoms in total. The molecule has 0 aliphatic rings. The highest BCUT2D eigenvalue weighted by Gasteiger charge is 2.05. The molecular weight excluding hydrogens is 240 g/mol. The molecule has 2 rings (SSSR count). The van der Waals surface area contributed by atoms with Gasteiger partial charge in [0.05, 0.1) is 7.11 Å². The third kappa shape index (κ3) is 3.35. The number of nitrogen functional groups attached to an aromatic ring is 1. The summed E-state index contributed by atoms with van der Waals surface area (Å²) < 4.78 is 5.22. The lowest BCUT2D eigenvalue weighted by Crippen LogP contribution is -2.18. The number of nitrogens with two attached hydrogens (primary N) is 1. The van der Waals surface area contributed by atoms with Crippen molar-refractivity contribution in [3.63, 3.8) is 0 Å². The third-order valence-corrected chi connectivity index (χ3v) is 2.83. The van der Waals surface area contributed by atoms with Crippen molar-refractivity contribution in [2.24, 2.45) is 5.84 Å². The number of rotatable bonds is 5. The van der Waals surface area contributed by atoms with Crippen molar-refractivity contribution in [3.8, 4) is 5.75 Å². The number of ether oxygens (including phenoxy) is 1. The fraction of sp³-hybridized carbons (Fsp3) is 0.214. The largest absolute Gasteiger partial charge is 0.497 e. The molecule has 1 heterocycles. The monoisotopic (exact) mass is 258 g/mol. The predicted octanol–water partition coefficient (Wildman–Crippen LogP) is 2.01. The van der Waals surface area contributed by atoms with Gasteiger partial charge in [0.15, 0.2) is 0 Å². The Bertz CT molecular complexity index is 544. The Morgan fingerprint density at radius 3 is 2.79 bits per heavy atom. The van der Waals surface area contributed by atoms with Crippen molar-refractivity contribution < 1.29 is 4.74 Å². The molecule has 100 valence electrons. The van der Waals surface area contributed by atoms with Crippen LogP contribution in [0.2, 0.25) is 0 Å². The standard InChI is InChI=1S/C14H18N4O/c1-18(14-8-4-7-13(16-14)17-15)10-11-5-3-6-12(9-11)19-2/h3-9H,10,15H2,1-2H3,(H,16,17). The minimum Gasteiger partial charge on any atom is -0.497 e. The molecule has 19 heavy (non-hydrogen) atoms. The van der Waals surface area contributed by atoms with Crippen LogP contribution in [0.5, 0.6) is 5.75 Å². The van der Waals surface area contributed by atoms with Gasteiger partial charge in [0.1, 0.15) is 17.4 Å². The van der Waals surface area contributed by atoms with Crippen LogP contribution in [0.15, 0.2) is 42.5 Å². The van der Waals surface area contributed by atoms with Crippen molar-refractivity contribution in [1.29, 1.82) is 0 Å². The fourth-order valence-electron chi connectivity index (χ4n) is 1.84. The van der Waals surface area contributed by atoms with E-state index in [0.717, 1.165) is 23.7 Å². The average molecular weight is 258 g/mol. The van der Waals surface area contributed by atoms with Gasteiger partial charge in [-0.25, -0.2) is 10.8 Å². The summed E-state index contributed by atoms with van der Waals surface area (Å²) in [6.07, 6.45) is 0. The Kier molecular flexibility index (Phi) is 4.20. The number of hydrogen-bond donors (Lipinski definition) is 2. The number of nitrogens with zero attached hydrogens (tertiary/aromatic N) is 2. The number of hydrogen-bond acceptors (Lipinski definition) is 5. The summed E-state index contributed by atoms with van der Waals surface area (Å²) in [5, 5.41) is 0. The second kappa shape index (κ2) is 6.06. The summed E-state index contributed by atoms with van der Waals surface area (Å²) >= 11 is 0. The molecule has 0 aliphatic heterocycles. The quantitative estimate of drug-likeness (QED) is 0.634. The van der Waals surface area contributed by atoms with E-state index < -0.39 is 0 Å². The van der Waals surface area contributed by atoms with Gasteiger partial charge in [-0.05, 0) is 29.8 Å².